The van der Waals surface area contributed by atoms with Crippen LogP contribution in [0, 0.1) is 0 Å². The Morgan fingerprint density at radius 2 is 1.94 bits per heavy atom. The average molecular weight is 238 g/mol. The van der Waals surface area contributed by atoms with Crippen molar-refractivity contribution in [3.63, 3.8) is 0 Å². The number of thioether (sulfide) groups is 1. The molecule has 0 aliphatic rings. The summed E-state index contributed by atoms with van der Waals surface area (Å²) in [5.74, 6) is 0. The first-order chi connectivity index (χ1) is 7.49. The molecule has 1 aromatic rings. The minimum atomic E-state index is -0.402. The standard InChI is InChI=1S/C12H18N2OS/c1-9(2)16-11-6-4-10(5-7-11)8-14(3)12(13)15/h4-7,9H,8H2,1-3H3,(H2,13,15). The van der Waals surface area contributed by atoms with Crippen LogP contribution in [0.4, 0.5) is 4.79 Å². The molecule has 0 saturated heterocycles. The van der Waals surface area contributed by atoms with Crippen molar-refractivity contribution in [3.8, 4) is 0 Å². The van der Waals surface area contributed by atoms with E-state index in [2.05, 4.69) is 26.0 Å². The SMILES string of the molecule is CC(C)Sc1ccc(CN(C)C(N)=O)cc1. The lowest BCUT2D eigenvalue weighted by Gasteiger charge is -2.14. The highest BCUT2D eigenvalue weighted by atomic mass is 32.2. The number of carbonyl (C=O) groups is 1. The molecular formula is C12H18N2OS. The van der Waals surface area contributed by atoms with E-state index in [1.165, 1.54) is 9.80 Å². The molecule has 88 valence electrons. The van der Waals surface area contributed by atoms with E-state index in [1.54, 1.807) is 7.05 Å². The van der Waals surface area contributed by atoms with Crippen molar-refractivity contribution in [2.75, 3.05) is 7.05 Å². The fourth-order valence-electron chi connectivity index (χ4n) is 1.30. The zero-order valence-electron chi connectivity index (χ0n) is 9.93. The molecule has 16 heavy (non-hydrogen) atoms. The molecule has 0 radical (unpaired) electrons. The number of nitrogens with two attached hydrogens (primary N) is 1. The summed E-state index contributed by atoms with van der Waals surface area (Å²) in [7, 11) is 1.69. The monoisotopic (exact) mass is 238 g/mol. The number of urea groups is 1. The van der Waals surface area contributed by atoms with Gasteiger partial charge in [-0.25, -0.2) is 4.79 Å². The van der Waals surface area contributed by atoms with Crippen molar-refractivity contribution < 1.29 is 4.79 Å². The van der Waals surface area contributed by atoms with Gasteiger partial charge in [0.15, 0.2) is 0 Å². The van der Waals surface area contributed by atoms with E-state index in [9.17, 15) is 4.79 Å². The van der Waals surface area contributed by atoms with Crippen LogP contribution in [0.5, 0.6) is 0 Å². The van der Waals surface area contributed by atoms with Gasteiger partial charge in [0, 0.05) is 23.7 Å². The molecule has 0 aliphatic carbocycles. The van der Waals surface area contributed by atoms with Gasteiger partial charge in [0.1, 0.15) is 0 Å². The number of carbonyl (C=O) groups excluding carboxylic acids is 1. The van der Waals surface area contributed by atoms with Crippen molar-refractivity contribution in [2.24, 2.45) is 5.73 Å². The number of primary amides is 1. The third kappa shape index (κ3) is 4.14. The molecule has 3 nitrogen and oxygen atoms in total. The Morgan fingerprint density at radius 1 is 1.38 bits per heavy atom. The molecule has 4 heteroatoms. The molecule has 0 atom stereocenters. The van der Waals surface area contributed by atoms with Crippen molar-refractivity contribution in [1.82, 2.24) is 4.90 Å². The summed E-state index contributed by atoms with van der Waals surface area (Å²) in [5, 5.41) is 0.583. The van der Waals surface area contributed by atoms with Crippen molar-refractivity contribution in [3.05, 3.63) is 29.8 Å². The van der Waals surface area contributed by atoms with Crippen LogP contribution in [-0.4, -0.2) is 23.2 Å². The van der Waals surface area contributed by atoms with Gasteiger partial charge in [0.05, 0.1) is 0 Å². The minimum absolute atomic E-state index is 0.402. The van der Waals surface area contributed by atoms with E-state index in [1.807, 2.05) is 23.9 Å². The van der Waals surface area contributed by atoms with Gasteiger partial charge in [0.2, 0.25) is 0 Å². The minimum Gasteiger partial charge on any atom is -0.351 e. The summed E-state index contributed by atoms with van der Waals surface area (Å²) >= 11 is 1.83. The lowest BCUT2D eigenvalue weighted by atomic mass is 10.2. The molecule has 2 amide bonds. The van der Waals surface area contributed by atoms with Crippen LogP contribution in [-0.2, 0) is 6.54 Å². The average Bonchev–Trinajstić information content (AvgIpc) is 2.20. The van der Waals surface area contributed by atoms with E-state index in [0.29, 0.717) is 11.8 Å². The molecule has 0 spiro atoms. The topological polar surface area (TPSA) is 46.3 Å². The van der Waals surface area contributed by atoms with Gasteiger partial charge >= 0.3 is 6.03 Å². The van der Waals surface area contributed by atoms with E-state index in [0.717, 1.165) is 5.56 Å². The van der Waals surface area contributed by atoms with Crippen molar-refractivity contribution in [1.29, 1.82) is 0 Å². The van der Waals surface area contributed by atoms with E-state index >= 15 is 0 Å². The van der Waals surface area contributed by atoms with Gasteiger partial charge in [-0.15, -0.1) is 11.8 Å². The van der Waals surface area contributed by atoms with Crippen LogP contribution in [0.15, 0.2) is 29.2 Å². The second-order valence-electron chi connectivity index (χ2n) is 4.00. The summed E-state index contributed by atoms with van der Waals surface area (Å²) < 4.78 is 0. The van der Waals surface area contributed by atoms with Gasteiger partial charge in [-0.2, -0.15) is 0 Å². The maximum atomic E-state index is 10.9. The Balaban J connectivity index is 2.61. The Labute approximate surface area is 101 Å². The summed E-state index contributed by atoms with van der Waals surface area (Å²) in [5.41, 5.74) is 6.25. The number of hydrogen-bond donors (Lipinski definition) is 1. The van der Waals surface area contributed by atoms with Crippen LogP contribution in [0.3, 0.4) is 0 Å². The van der Waals surface area contributed by atoms with Crippen molar-refractivity contribution in [2.45, 2.75) is 30.5 Å². The zero-order chi connectivity index (χ0) is 12.1. The van der Waals surface area contributed by atoms with Crippen molar-refractivity contribution >= 4 is 17.8 Å². The van der Waals surface area contributed by atoms with Gasteiger partial charge in [-0.3, -0.25) is 0 Å². The number of benzene rings is 1. The number of nitrogens with zero attached hydrogens (tertiary/aromatic N) is 1. The lowest BCUT2D eigenvalue weighted by Crippen LogP contribution is -2.31. The highest BCUT2D eigenvalue weighted by molar-refractivity contribution is 7.99. The van der Waals surface area contributed by atoms with Crippen LogP contribution < -0.4 is 5.73 Å². The quantitative estimate of drug-likeness (QED) is 0.820. The van der Waals surface area contributed by atoms with E-state index in [-0.39, 0.29) is 0 Å². The number of rotatable bonds is 4. The first-order valence-corrected chi connectivity index (χ1v) is 6.13. The Hall–Kier alpha value is -1.16. The van der Waals surface area contributed by atoms with Gasteiger partial charge < -0.3 is 10.6 Å². The second kappa shape index (κ2) is 5.80. The highest BCUT2D eigenvalue weighted by Gasteiger charge is 2.04. The van der Waals surface area contributed by atoms with E-state index in [4.69, 9.17) is 5.73 Å². The molecule has 0 aromatic heterocycles. The third-order valence-electron chi connectivity index (χ3n) is 2.09. The molecule has 0 heterocycles. The second-order valence-corrected chi connectivity index (χ2v) is 5.65. The van der Waals surface area contributed by atoms with Crippen LogP contribution in [0.25, 0.3) is 0 Å². The lowest BCUT2D eigenvalue weighted by molar-refractivity contribution is 0.216. The van der Waals surface area contributed by atoms with Gasteiger partial charge in [0.25, 0.3) is 0 Å². The summed E-state index contributed by atoms with van der Waals surface area (Å²) in [6.07, 6.45) is 0. The van der Waals surface area contributed by atoms with E-state index < -0.39 is 6.03 Å². The summed E-state index contributed by atoms with van der Waals surface area (Å²) in [6.45, 7) is 4.89. The van der Waals surface area contributed by atoms with Crippen LogP contribution in [0.2, 0.25) is 0 Å². The van der Waals surface area contributed by atoms with Crippen LogP contribution in [0.1, 0.15) is 19.4 Å². The molecular weight excluding hydrogens is 220 g/mol. The Morgan fingerprint density at radius 3 is 2.38 bits per heavy atom. The fourth-order valence-corrected chi connectivity index (χ4v) is 2.13. The number of amides is 2. The predicted molar refractivity (Wildman–Crippen MR) is 68.5 cm³/mol. The molecule has 0 bridgehead atoms. The third-order valence-corrected chi connectivity index (χ3v) is 3.11. The summed E-state index contributed by atoms with van der Waals surface area (Å²) in [4.78, 5) is 13.6. The molecule has 2 N–H and O–H groups in total. The predicted octanol–water partition coefficient (Wildman–Crippen LogP) is 2.70. The molecule has 0 saturated carbocycles. The maximum Gasteiger partial charge on any atom is 0.314 e. The first-order valence-electron chi connectivity index (χ1n) is 5.25. The van der Waals surface area contributed by atoms with Gasteiger partial charge in [-0.1, -0.05) is 26.0 Å². The molecule has 0 unspecified atom stereocenters. The molecule has 1 aromatic carbocycles. The normalized spacial score (nSPS) is 10.5. The summed E-state index contributed by atoms with van der Waals surface area (Å²) in [6, 6.07) is 7.82. The molecule has 0 fully saturated rings. The Bertz CT molecular complexity index is 349. The molecule has 0 aliphatic heterocycles. The number of hydrogen-bond acceptors (Lipinski definition) is 2. The molecule has 1 rings (SSSR count). The zero-order valence-corrected chi connectivity index (χ0v) is 10.8. The first kappa shape index (κ1) is 12.9. The smallest absolute Gasteiger partial charge is 0.314 e. The maximum absolute atomic E-state index is 10.9. The highest BCUT2D eigenvalue weighted by Crippen LogP contribution is 2.23. The van der Waals surface area contributed by atoms with Crippen LogP contribution >= 0.6 is 11.8 Å². The fraction of sp³-hybridized carbons (Fsp3) is 0.417. The largest absolute Gasteiger partial charge is 0.351 e. The Kier molecular flexibility index (Phi) is 4.68. The van der Waals surface area contributed by atoms with Gasteiger partial charge in [-0.05, 0) is 17.7 Å².